The standard InChI is InChI=1S/C24H44O13/c1-2-3-4-5-6-7-8-9-32-22-20(30)17(27)14(11-34-22)37-24-21(31)18(28)15(12-35-24)36-23-19(29)16(26)13(25)10-33-23/h13-31H,2-12H2,1H3. The number of rotatable bonds is 13. The summed E-state index contributed by atoms with van der Waals surface area (Å²) >= 11 is 0. The summed E-state index contributed by atoms with van der Waals surface area (Å²) in [6.45, 7) is 1.87. The molecule has 0 aromatic heterocycles. The average molecular weight is 541 g/mol. The maximum atomic E-state index is 10.5. The molecule has 13 heteroatoms. The fraction of sp³-hybridized carbons (Fsp3) is 1.00. The molecule has 12 atom stereocenters. The number of ether oxygens (including phenoxy) is 6. The summed E-state index contributed by atoms with van der Waals surface area (Å²) in [7, 11) is 0. The smallest absolute Gasteiger partial charge is 0.186 e. The maximum Gasteiger partial charge on any atom is 0.186 e. The zero-order valence-corrected chi connectivity index (χ0v) is 21.3. The van der Waals surface area contributed by atoms with Gasteiger partial charge in [-0.15, -0.1) is 0 Å². The molecule has 3 fully saturated rings. The molecule has 0 radical (unpaired) electrons. The topological polar surface area (TPSA) is 197 Å². The van der Waals surface area contributed by atoms with Gasteiger partial charge in [-0.3, -0.25) is 0 Å². The van der Waals surface area contributed by atoms with Crippen molar-refractivity contribution in [3.63, 3.8) is 0 Å². The van der Waals surface area contributed by atoms with Crippen LogP contribution < -0.4 is 0 Å². The van der Waals surface area contributed by atoms with Gasteiger partial charge in [-0.05, 0) is 6.42 Å². The summed E-state index contributed by atoms with van der Waals surface area (Å²) in [5.41, 5.74) is 0. The molecule has 3 aliphatic rings. The predicted octanol–water partition coefficient (Wildman–Crippen LogP) is -1.88. The van der Waals surface area contributed by atoms with Crippen molar-refractivity contribution < 1.29 is 64.2 Å². The minimum absolute atomic E-state index is 0.134. The van der Waals surface area contributed by atoms with E-state index < -0.39 is 73.8 Å². The number of aliphatic hydroxyl groups excluding tert-OH is 7. The van der Waals surface area contributed by atoms with Gasteiger partial charge in [0.25, 0.3) is 0 Å². The van der Waals surface area contributed by atoms with E-state index in [1.54, 1.807) is 0 Å². The highest BCUT2D eigenvalue weighted by molar-refractivity contribution is 4.90. The lowest BCUT2D eigenvalue weighted by Gasteiger charge is -2.43. The molecule has 0 bridgehead atoms. The lowest BCUT2D eigenvalue weighted by atomic mass is 10.0. The van der Waals surface area contributed by atoms with Crippen molar-refractivity contribution in [2.75, 3.05) is 26.4 Å². The third kappa shape index (κ3) is 8.48. The van der Waals surface area contributed by atoms with Crippen LogP contribution >= 0.6 is 0 Å². The second-order valence-electron chi connectivity index (χ2n) is 9.96. The Kier molecular flexibility index (Phi) is 12.8. The predicted molar refractivity (Wildman–Crippen MR) is 125 cm³/mol. The van der Waals surface area contributed by atoms with Crippen LogP contribution in [0.4, 0.5) is 0 Å². The molecule has 7 N–H and O–H groups in total. The van der Waals surface area contributed by atoms with E-state index in [0.29, 0.717) is 6.61 Å². The van der Waals surface area contributed by atoms with Crippen molar-refractivity contribution in [1.82, 2.24) is 0 Å². The van der Waals surface area contributed by atoms with Crippen LogP contribution in [0.5, 0.6) is 0 Å². The monoisotopic (exact) mass is 540 g/mol. The van der Waals surface area contributed by atoms with Crippen molar-refractivity contribution in [2.24, 2.45) is 0 Å². The molecule has 3 saturated heterocycles. The highest BCUT2D eigenvalue weighted by Crippen LogP contribution is 2.27. The number of unbranched alkanes of at least 4 members (excludes halogenated alkanes) is 6. The van der Waals surface area contributed by atoms with Crippen molar-refractivity contribution in [1.29, 1.82) is 0 Å². The lowest BCUT2D eigenvalue weighted by molar-refractivity contribution is -0.348. The Hall–Kier alpha value is -0.520. The quantitative estimate of drug-likeness (QED) is 0.128. The number of hydrogen-bond acceptors (Lipinski definition) is 13. The highest BCUT2D eigenvalue weighted by atomic mass is 16.7. The van der Waals surface area contributed by atoms with Gasteiger partial charge < -0.3 is 64.2 Å². The molecule has 0 saturated carbocycles. The Bertz CT molecular complexity index is 642. The molecule has 218 valence electrons. The molecule has 13 nitrogen and oxygen atoms in total. The van der Waals surface area contributed by atoms with Gasteiger partial charge in [0, 0.05) is 6.61 Å². The largest absolute Gasteiger partial charge is 0.388 e. The van der Waals surface area contributed by atoms with Crippen molar-refractivity contribution >= 4 is 0 Å². The fourth-order valence-electron chi connectivity index (χ4n) is 4.54. The van der Waals surface area contributed by atoms with Gasteiger partial charge in [-0.25, -0.2) is 0 Å². The van der Waals surface area contributed by atoms with E-state index in [9.17, 15) is 35.7 Å². The molecular weight excluding hydrogens is 496 g/mol. The third-order valence-corrected chi connectivity index (χ3v) is 6.97. The first-order valence-electron chi connectivity index (χ1n) is 13.3. The van der Waals surface area contributed by atoms with Gasteiger partial charge in [0.05, 0.1) is 19.8 Å². The highest BCUT2D eigenvalue weighted by Gasteiger charge is 2.47. The fourth-order valence-corrected chi connectivity index (χ4v) is 4.54. The van der Waals surface area contributed by atoms with Gasteiger partial charge >= 0.3 is 0 Å². The van der Waals surface area contributed by atoms with E-state index in [-0.39, 0.29) is 19.8 Å². The van der Waals surface area contributed by atoms with E-state index in [4.69, 9.17) is 28.4 Å². The Labute approximate surface area is 216 Å². The first-order chi connectivity index (χ1) is 17.7. The van der Waals surface area contributed by atoms with Crippen LogP contribution in [0.25, 0.3) is 0 Å². The third-order valence-electron chi connectivity index (χ3n) is 6.97. The molecule has 0 spiro atoms. The molecule has 12 unspecified atom stereocenters. The first-order valence-corrected chi connectivity index (χ1v) is 13.3. The van der Waals surface area contributed by atoms with E-state index in [1.165, 1.54) is 25.7 Å². The minimum atomic E-state index is -1.61. The van der Waals surface area contributed by atoms with E-state index in [1.807, 2.05) is 0 Å². The lowest BCUT2D eigenvalue weighted by Crippen LogP contribution is -2.61. The van der Waals surface area contributed by atoms with Gasteiger partial charge in [0.1, 0.15) is 54.9 Å². The van der Waals surface area contributed by atoms with Crippen LogP contribution in [0, 0.1) is 0 Å². The zero-order valence-electron chi connectivity index (χ0n) is 21.3. The van der Waals surface area contributed by atoms with Crippen LogP contribution in [0.2, 0.25) is 0 Å². The molecule has 0 amide bonds. The Morgan fingerprint density at radius 1 is 0.541 bits per heavy atom. The normalized spacial score (nSPS) is 43.1. The molecule has 0 aliphatic carbocycles. The van der Waals surface area contributed by atoms with Crippen LogP contribution in [0.1, 0.15) is 51.9 Å². The van der Waals surface area contributed by atoms with Crippen LogP contribution in [0.15, 0.2) is 0 Å². The summed E-state index contributed by atoms with van der Waals surface area (Å²) < 4.78 is 32.8. The van der Waals surface area contributed by atoms with E-state index in [2.05, 4.69) is 6.92 Å². The second kappa shape index (κ2) is 15.3. The van der Waals surface area contributed by atoms with Gasteiger partial charge in [-0.1, -0.05) is 45.4 Å². The summed E-state index contributed by atoms with van der Waals surface area (Å²) in [6, 6.07) is 0. The summed E-state index contributed by atoms with van der Waals surface area (Å²) in [5, 5.41) is 71.2. The summed E-state index contributed by atoms with van der Waals surface area (Å²) in [5.74, 6) is 0. The van der Waals surface area contributed by atoms with Crippen LogP contribution in [-0.2, 0) is 28.4 Å². The molecule has 3 aliphatic heterocycles. The zero-order chi connectivity index (χ0) is 26.9. The van der Waals surface area contributed by atoms with Crippen LogP contribution in [0.3, 0.4) is 0 Å². The SMILES string of the molecule is CCCCCCCCCOC1OCC(OC2OCC(OC3OCC(O)C(O)C3O)C(O)C2O)C(O)C1O. The van der Waals surface area contributed by atoms with E-state index >= 15 is 0 Å². The van der Waals surface area contributed by atoms with Crippen LogP contribution in [-0.4, -0.2) is 136 Å². The molecular formula is C24H44O13. The van der Waals surface area contributed by atoms with Gasteiger partial charge in [0.2, 0.25) is 0 Å². The summed E-state index contributed by atoms with van der Waals surface area (Å²) in [4.78, 5) is 0. The Morgan fingerprint density at radius 3 is 1.59 bits per heavy atom. The van der Waals surface area contributed by atoms with Gasteiger partial charge in [-0.2, -0.15) is 0 Å². The first kappa shape index (κ1) is 31.0. The Morgan fingerprint density at radius 2 is 1.00 bits per heavy atom. The van der Waals surface area contributed by atoms with Crippen molar-refractivity contribution in [3.8, 4) is 0 Å². The minimum Gasteiger partial charge on any atom is -0.388 e. The molecule has 37 heavy (non-hydrogen) atoms. The van der Waals surface area contributed by atoms with E-state index in [0.717, 1.165) is 19.3 Å². The Balaban J connectivity index is 1.38. The average Bonchev–Trinajstić information content (AvgIpc) is 2.89. The number of aliphatic hydroxyl groups is 7. The molecule has 3 heterocycles. The van der Waals surface area contributed by atoms with Gasteiger partial charge in [0.15, 0.2) is 18.9 Å². The molecule has 0 aromatic carbocycles. The number of hydrogen-bond donors (Lipinski definition) is 7. The van der Waals surface area contributed by atoms with Crippen molar-refractivity contribution in [2.45, 2.75) is 126 Å². The second-order valence-corrected chi connectivity index (χ2v) is 9.96. The molecule has 3 rings (SSSR count). The maximum absolute atomic E-state index is 10.5. The molecule has 0 aromatic rings. The van der Waals surface area contributed by atoms with Crippen molar-refractivity contribution in [3.05, 3.63) is 0 Å². The summed E-state index contributed by atoms with van der Waals surface area (Å²) in [6.07, 6.45) is -8.34.